The van der Waals surface area contributed by atoms with E-state index < -0.39 is 5.60 Å². The van der Waals surface area contributed by atoms with Crippen molar-refractivity contribution >= 4 is 34.4 Å². The number of thioether (sulfide) groups is 1. The van der Waals surface area contributed by atoms with Crippen LogP contribution >= 0.6 is 11.8 Å². The van der Waals surface area contributed by atoms with E-state index in [0.29, 0.717) is 57.4 Å². The number of nitrogens with one attached hydrogen (secondary N) is 1. The summed E-state index contributed by atoms with van der Waals surface area (Å²) in [6, 6.07) is 2.87. The Labute approximate surface area is 230 Å². The van der Waals surface area contributed by atoms with Crippen molar-refractivity contribution in [2.45, 2.75) is 83.2 Å². The Balaban J connectivity index is 1.57. The summed E-state index contributed by atoms with van der Waals surface area (Å²) in [6.07, 6.45) is 1.81. The number of amides is 1. The summed E-state index contributed by atoms with van der Waals surface area (Å²) in [5.74, 6) is -0.339. The van der Waals surface area contributed by atoms with Gasteiger partial charge in [-0.25, -0.2) is 9.37 Å². The minimum absolute atomic E-state index is 0.0608. The second-order valence-corrected chi connectivity index (χ2v) is 12.7. The standard InChI is InChI=1S/C30H32FN3O4S/c1-5-30(38)19-10-23-28-18(12-34(23)29(37)17(19)7-9-24(30)35)27-21(32-25(36)13-39-14(2)3)8-6-16-15(4)20(31)11-22(33-28)26(16)27/h10-11,14,21,38H,5-9,12-13H2,1-4H3,(H,32,36)/t21-,30-/m0/s1. The second kappa shape index (κ2) is 9.27. The molecular weight excluding hydrogens is 517 g/mol. The first-order valence-corrected chi connectivity index (χ1v) is 14.7. The van der Waals surface area contributed by atoms with E-state index >= 15 is 4.39 Å². The number of hydrogen-bond donors (Lipinski definition) is 2. The quantitative estimate of drug-likeness (QED) is 0.386. The van der Waals surface area contributed by atoms with E-state index in [4.69, 9.17) is 4.98 Å². The lowest BCUT2D eigenvalue weighted by molar-refractivity contribution is -0.140. The molecule has 1 aromatic carbocycles. The van der Waals surface area contributed by atoms with E-state index in [1.807, 2.05) is 13.8 Å². The molecule has 39 heavy (non-hydrogen) atoms. The minimum Gasteiger partial charge on any atom is -0.377 e. The van der Waals surface area contributed by atoms with Gasteiger partial charge in [0.05, 0.1) is 35.2 Å². The summed E-state index contributed by atoms with van der Waals surface area (Å²) in [7, 11) is 0. The topological polar surface area (TPSA) is 101 Å². The molecule has 0 radical (unpaired) electrons. The Morgan fingerprint density at radius 2 is 2.00 bits per heavy atom. The maximum atomic E-state index is 15.0. The van der Waals surface area contributed by atoms with Crippen molar-refractivity contribution in [3.8, 4) is 11.4 Å². The fraction of sp³-hybridized carbons (Fsp3) is 0.467. The average Bonchev–Trinajstić information content (AvgIpc) is 3.27. The highest BCUT2D eigenvalue weighted by molar-refractivity contribution is 8.00. The van der Waals surface area contributed by atoms with Crippen LogP contribution in [-0.2, 0) is 34.6 Å². The molecule has 0 bridgehead atoms. The highest BCUT2D eigenvalue weighted by Crippen LogP contribution is 2.46. The van der Waals surface area contributed by atoms with Crippen molar-refractivity contribution in [3.05, 3.63) is 61.7 Å². The molecule has 9 heteroatoms. The Kier molecular flexibility index (Phi) is 6.22. The first-order chi connectivity index (χ1) is 18.5. The Morgan fingerprint density at radius 1 is 1.23 bits per heavy atom. The Hall–Kier alpha value is -3.04. The summed E-state index contributed by atoms with van der Waals surface area (Å²) in [4.78, 5) is 44.3. The molecule has 1 aliphatic heterocycles. The van der Waals surface area contributed by atoms with Crippen molar-refractivity contribution in [2.24, 2.45) is 0 Å². The van der Waals surface area contributed by atoms with Gasteiger partial charge in [0.15, 0.2) is 5.78 Å². The largest absolute Gasteiger partial charge is 0.377 e. The maximum absolute atomic E-state index is 15.0. The molecule has 3 aromatic rings. The Bertz CT molecular complexity index is 1650. The van der Waals surface area contributed by atoms with Gasteiger partial charge in [-0.3, -0.25) is 14.4 Å². The van der Waals surface area contributed by atoms with Crippen molar-refractivity contribution in [1.29, 1.82) is 0 Å². The first kappa shape index (κ1) is 26.2. The smallest absolute Gasteiger partial charge is 0.254 e. The lowest BCUT2D eigenvalue weighted by Gasteiger charge is -2.32. The number of carbonyl (C=O) groups excluding carboxylic acids is 2. The number of pyridine rings is 2. The number of halogens is 1. The molecule has 6 rings (SSSR count). The van der Waals surface area contributed by atoms with Crippen LogP contribution in [0.25, 0.3) is 22.3 Å². The van der Waals surface area contributed by atoms with Crippen LogP contribution in [0.2, 0.25) is 0 Å². The zero-order valence-corrected chi connectivity index (χ0v) is 23.4. The molecule has 2 atom stereocenters. The molecule has 3 aliphatic rings. The predicted molar refractivity (Wildman–Crippen MR) is 150 cm³/mol. The number of carbonyl (C=O) groups is 2. The number of ketones is 1. The van der Waals surface area contributed by atoms with Crippen LogP contribution in [-0.4, -0.2) is 37.4 Å². The molecular formula is C30H32FN3O4S. The van der Waals surface area contributed by atoms with Crippen LogP contribution in [0.15, 0.2) is 16.9 Å². The number of benzene rings is 1. The van der Waals surface area contributed by atoms with Crippen LogP contribution in [0.5, 0.6) is 0 Å². The molecule has 204 valence electrons. The monoisotopic (exact) mass is 549 g/mol. The zero-order valence-electron chi connectivity index (χ0n) is 22.6. The van der Waals surface area contributed by atoms with E-state index in [-0.39, 0.29) is 54.9 Å². The van der Waals surface area contributed by atoms with Crippen LogP contribution in [0.4, 0.5) is 4.39 Å². The molecule has 1 amide bonds. The van der Waals surface area contributed by atoms with Gasteiger partial charge in [-0.1, -0.05) is 20.8 Å². The molecule has 0 saturated carbocycles. The van der Waals surface area contributed by atoms with Gasteiger partial charge < -0.3 is 15.0 Å². The lowest BCUT2D eigenvalue weighted by Crippen LogP contribution is -2.43. The number of aryl methyl sites for hydroxylation is 1. The molecule has 0 unspecified atom stereocenters. The van der Waals surface area contributed by atoms with Crippen LogP contribution in [0.1, 0.15) is 79.5 Å². The van der Waals surface area contributed by atoms with Crippen molar-refractivity contribution in [1.82, 2.24) is 14.9 Å². The van der Waals surface area contributed by atoms with Gasteiger partial charge in [-0.05, 0) is 60.6 Å². The van der Waals surface area contributed by atoms with E-state index in [1.54, 1.807) is 36.2 Å². The molecule has 7 nitrogen and oxygen atoms in total. The molecule has 2 aliphatic carbocycles. The number of aliphatic hydroxyl groups is 1. The second-order valence-electron chi connectivity index (χ2n) is 11.2. The minimum atomic E-state index is -1.71. The first-order valence-electron chi connectivity index (χ1n) is 13.6. The number of aromatic nitrogens is 2. The SMILES string of the molecule is CC[C@@]1(O)C(=O)CCc2c1cc1n(c2=O)Cc2c-1nc1cc(F)c(C)c3c1c2[C@@H](NC(=O)CSC(C)C)CC3. The molecule has 0 fully saturated rings. The summed E-state index contributed by atoms with van der Waals surface area (Å²) >= 11 is 1.57. The van der Waals surface area contributed by atoms with Crippen molar-refractivity contribution in [2.75, 3.05) is 5.75 Å². The van der Waals surface area contributed by atoms with E-state index in [1.165, 1.54) is 6.07 Å². The third-order valence-corrected chi connectivity index (χ3v) is 9.73. The van der Waals surface area contributed by atoms with Gasteiger partial charge in [-0.2, -0.15) is 0 Å². The molecule has 0 spiro atoms. The Morgan fingerprint density at radius 3 is 2.72 bits per heavy atom. The summed E-state index contributed by atoms with van der Waals surface area (Å²) in [6.45, 7) is 7.88. The molecule has 0 saturated heterocycles. The van der Waals surface area contributed by atoms with Gasteiger partial charge >= 0.3 is 0 Å². The fourth-order valence-electron chi connectivity index (χ4n) is 6.56. The van der Waals surface area contributed by atoms with Gasteiger partial charge in [0, 0.05) is 34.6 Å². The molecule has 2 N–H and O–H groups in total. The lowest BCUT2D eigenvalue weighted by atomic mass is 9.77. The zero-order chi connectivity index (χ0) is 27.8. The number of Topliss-reactive ketones (excluding diaryl/α,β-unsaturated/α-hetero) is 1. The third kappa shape index (κ3) is 3.88. The van der Waals surface area contributed by atoms with Gasteiger partial charge in [0.2, 0.25) is 5.91 Å². The summed E-state index contributed by atoms with van der Waals surface area (Å²) in [5.41, 5.74) is 3.62. The summed E-state index contributed by atoms with van der Waals surface area (Å²) in [5, 5.41) is 15.7. The van der Waals surface area contributed by atoms with Gasteiger partial charge in [0.25, 0.3) is 5.56 Å². The summed E-state index contributed by atoms with van der Waals surface area (Å²) < 4.78 is 16.7. The highest BCUT2D eigenvalue weighted by atomic mass is 32.2. The number of nitrogens with zero attached hydrogens (tertiary/aromatic N) is 2. The average molecular weight is 550 g/mol. The molecule has 3 heterocycles. The fourth-order valence-corrected chi connectivity index (χ4v) is 7.13. The number of fused-ring (bicyclic) bond motifs is 5. The predicted octanol–water partition coefficient (Wildman–Crippen LogP) is 4.23. The third-order valence-electron chi connectivity index (χ3n) is 8.64. The van der Waals surface area contributed by atoms with E-state index in [9.17, 15) is 19.5 Å². The van der Waals surface area contributed by atoms with Crippen molar-refractivity contribution < 1.29 is 19.1 Å². The molecule has 2 aromatic heterocycles. The van der Waals surface area contributed by atoms with Gasteiger partial charge in [-0.15, -0.1) is 11.8 Å². The van der Waals surface area contributed by atoms with Crippen LogP contribution < -0.4 is 10.9 Å². The van der Waals surface area contributed by atoms with Crippen LogP contribution in [0, 0.1) is 12.7 Å². The van der Waals surface area contributed by atoms with E-state index in [0.717, 1.165) is 22.1 Å². The number of hydrogen-bond acceptors (Lipinski definition) is 6. The van der Waals surface area contributed by atoms with Crippen molar-refractivity contribution in [3.63, 3.8) is 0 Å². The highest BCUT2D eigenvalue weighted by Gasteiger charge is 2.44. The van der Waals surface area contributed by atoms with Crippen LogP contribution in [0.3, 0.4) is 0 Å². The normalized spacial score (nSPS) is 21.2. The van der Waals surface area contributed by atoms with E-state index in [2.05, 4.69) is 5.32 Å². The van der Waals surface area contributed by atoms with Gasteiger partial charge in [0.1, 0.15) is 11.4 Å². The number of rotatable bonds is 5. The maximum Gasteiger partial charge on any atom is 0.254 e.